The Balaban J connectivity index is 1.96. The first-order chi connectivity index (χ1) is 12.7. The maximum atomic E-state index is 12.9. The van der Waals surface area contributed by atoms with Gasteiger partial charge in [0.2, 0.25) is 5.91 Å². The number of benzene rings is 2. The summed E-state index contributed by atoms with van der Waals surface area (Å²) >= 11 is 0. The van der Waals surface area contributed by atoms with E-state index in [4.69, 9.17) is 0 Å². The lowest BCUT2D eigenvalue weighted by molar-refractivity contribution is -0.137. The second kappa shape index (κ2) is 8.35. The molecule has 3 N–H and O–H groups in total. The zero-order chi connectivity index (χ0) is 20.0. The molecule has 142 valence electrons. The number of phenolic OH excluding ortho intramolecular Hbond substituents is 1. The van der Waals surface area contributed by atoms with Crippen LogP contribution in [0, 0.1) is 0 Å². The molecule has 9 heteroatoms. The Bertz CT molecular complexity index is 862. The number of nitrogens with zero attached hydrogens (tertiary/aromatic N) is 1. The average molecular weight is 379 g/mol. The number of para-hydroxylation sites is 1. The fourth-order valence-corrected chi connectivity index (χ4v) is 2.13. The molecule has 0 saturated heterocycles. The molecule has 2 amide bonds. The molecule has 0 radical (unpaired) electrons. The molecule has 0 aliphatic carbocycles. The van der Waals surface area contributed by atoms with Crippen LogP contribution in [0.15, 0.2) is 53.6 Å². The van der Waals surface area contributed by atoms with Gasteiger partial charge in [-0.15, -0.1) is 0 Å². The highest BCUT2D eigenvalue weighted by Gasteiger charge is 2.33. The van der Waals surface area contributed by atoms with Gasteiger partial charge >= 0.3 is 6.18 Å². The van der Waals surface area contributed by atoms with Crippen LogP contribution in [0.25, 0.3) is 0 Å². The highest BCUT2D eigenvalue weighted by Crippen LogP contribution is 2.34. The van der Waals surface area contributed by atoms with Gasteiger partial charge in [-0.25, -0.2) is 5.43 Å². The summed E-state index contributed by atoms with van der Waals surface area (Å²) in [6, 6.07) is 10.1. The largest absolute Gasteiger partial charge is 0.508 e. The van der Waals surface area contributed by atoms with Crippen molar-refractivity contribution in [3.63, 3.8) is 0 Å². The number of carbonyl (C=O) groups is 2. The van der Waals surface area contributed by atoms with E-state index in [9.17, 15) is 27.9 Å². The molecule has 6 nitrogen and oxygen atoms in total. The monoisotopic (exact) mass is 379 g/mol. The van der Waals surface area contributed by atoms with Gasteiger partial charge in [0.25, 0.3) is 5.91 Å². The van der Waals surface area contributed by atoms with Crippen molar-refractivity contribution in [1.82, 2.24) is 5.43 Å². The predicted octanol–water partition coefficient (Wildman–Crippen LogP) is 3.55. The highest BCUT2D eigenvalue weighted by atomic mass is 19.4. The maximum absolute atomic E-state index is 12.9. The molecule has 0 heterocycles. The van der Waals surface area contributed by atoms with Crippen molar-refractivity contribution < 1.29 is 27.9 Å². The molecule has 0 fully saturated rings. The molecular formula is C18H16F3N3O3. The van der Waals surface area contributed by atoms with Crippen LogP contribution in [0.2, 0.25) is 0 Å². The summed E-state index contributed by atoms with van der Waals surface area (Å²) in [6.07, 6.45) is -4.90. The number of amides is 2. The molecule has 0 spiro atoms. The van der Waals surface area contributed by atoms with E-state index < -0.39 is 23.6 Å². The van der Waals surface area contributed by atoms with Crippen molar-refractivity contribution in [3.05, 3.63) is 59.7 Å². The quantitative estimate of drug-likeness (QED) is 0.548. The lowest BCUT2D eigenvalue weighted by Crippen LogP contribution is -2.22. The van der Waals surface area contributed by atoms with Crippen LogP contribution in [-0.4, -0.2) is 22.6 Å². The first-order valence-electron chi connectivity index (χ1n) is 7.75. The number of hydrogen-bond acceptors (Lipinski definition) is 4. The van der Waals surface area contributed by atoms with Gasteiger partial charge in [-0.3, -0.25) is 9.59 Å². The van der Waals surface area contributed by atoms with E-state index in [1.165, 1.54) is 43.3 Å². The third-order valence-electron chi connectivity index (χ3n) is 3.40. The Morgan fingerprint density at radius 2 is 1.70 bits per heavy atom. The van der Waals surface area contributed by atoms with Crippen LogP contribution in [0.5, 0.6) is 5.75 Å². The molecule has 0 aliphatic heterocycles. The first-order valence-corrected chi connectivity index (χ1v) is 7.75. The van der Waals surface area contributed by atoms with E-state index in [2.05, 4.69) is 15.8 Å². The molecular weight excluding hydrogens is 363 g/mol. The zero-order valence-electron chi connectivity index (χ0n) is 14.2. The molecule has 0 atom stereocenters. The number of phenols is 1. The summed E-state index contributed by atoms with van der Waals surface area (Å²) in [4.78, 5) is 23.8. The second-order valence-electron chi connectivity index (χ2n) is 5.60. The fraction of sp³-hybridized carbons (Fsp3) is 0.167. The van der Waals surface area contributed by atoms with Crippen LogP contribution < -0.4 is 10.7 Å². The number of aromatic hydroxyl groups is 1. The molecule has 27 heavy (non-hydrogen) atoms. The van der Waals surface area contributed by atoms with Gasteiger partial charge < -0.3 is 10.4 Å². The topological polar surface area (TPSA) is 90.8 Å². The van der Waals surface area contributed by atoms with Crippen LogP contribution in [0.4, 0.5) is 18.9 Å². The van der Waals surface area contributed by atoms with Crippen molar-refractivity contribution in [2.24, 2.45) is 5.10 Å². The molecule has 2 aromatic carbocycles. The molecule has 0 saturated carbocycles. The van der Waals surface area contributed by atoms with Gasteiger partial charge in [0.05, 0.1) is 17.7 Å². The van der Waals surface area contributed by atoms with Crippen LogP contribution in [0.1, 0.15) is 29.3 Å². The van der Waals surface area contributed by atoms with Crippen molar-refractivity contribution in [2.45, 2.75) is 19.5 Å². The Kier molecular flexibility index (Phi) is 6.17. The van der Waals surface area contributed by atoms with E-state index in [0.29, 0.717) is 0 Å². The number of carbonyl (C=O) groups excluding carboxylic acids is 2. The van der Waals surface area contributed by atoms with Gasteiger partial charge in [-0.2, -0.15) is 18.3 Å². The van der Waals surface area contributed by atoms with E-state index in [1.807, 2.05) is 0 Å². The number of anilines is 1. The second-order valence-corrected chi connectivity index (χ2v) is 5.60. The number of hydrazone groups is 1. The Hall–Kier alpha value is -3.36. The first kappa shape index (κ1) is 20.0. The number of nitrogens with one attached hydrogen (secondary N) is 2. The SMILES string of the molecule is C/C(CC(=O)Nc1ccccc1C(F)(F)F)=N\NC(=O)c1ccc(O)cc1. The standard InChI is InChI=1S/C18H16F3N3O3/c1-11(23-24-17(27)12-6-8-13(25)9-7-12)10-16(26)22-15-5-3-2-4-14(15)18(19,20)21/h2-9,25H,10H2,1H3,(H,22,26)(H,24,27)/b23-11+. The summed E-state index contributed by atoms with van der Waals surface area (Å²) in [6.45, 7) is 1.45. The van der Waals surface area contributed by atoms with E-state index in [-0.39, 0.29) is 29.1 Å². The van der Waals surface area contributed by atoms with Gasteiger partial charge in [0, 0.05) is 11.3 Å². The molecule has 2 rings (SSSR count). The Labute approximate surface area is 152 Å². The number of halogens is 3. The fourth-order valence-electron chi connectivity index (χ4n) is 2.13. The van der Waals surface area contributed by atoms with Crippen LogP contribution in [-0.2, 0) is 11.0 Å². The van der Waals surface area contributed by atoms with E-state index >= 15 is 0 Å². The Morgan fingerprint density at radius 3 is 2.33 bits per heavy atom. The van der Waals surface area contributed by atoms with Crippen LogP contribution >= 0.6 is 0 Å². The van der Waals surface area contributed by atoms with Gasteiger partial charge in [-0.05, 0) is 43.3 Å². The minimum atomic E-state index is -4.59. The molecule has 0 aliphatic rings. The van der Waals surface area contributed by atoms with Crippen molar-refractivity contribution in [1.29, 1.82) is 0 Å². The van der Waals surface area contributed by atoms with Crippen molar-refractivity contribution in [2.75, 3.05) is 5.32 Å². The highest BCUT2D eigenvalue weighted by molar-refractivity contribution is 6.06. The molecule has 0 aromatic heterocycles. The van der Waals surface area contributed by atoms with Gasteiger partial charge in [0.1, 0.15) is 5.75 Å². The van der Waals surface area contributed by atoms with E-state index in [0.717, 1.165) is 12.1 Å². The van der Waals surface area contributed by atoms with Crippen molar-refractivity contribution >= 4 is 23.2 Å². The lowest BCUT2D eigenvalue weighted by Gasteiger charge is -2.13. The van der Waals surface area contributed by atoms with Gasteiger partial charge in [0.15, 0.2) is 0 Å². The minimum absolute atomic E-state index is 0.00189. The summed E-state index contributed by atoms with van der Waals surface area (Å²) in [5, 5.41) is 15.1. The number of hydrogen-bond donors (Lipinski definition) is 3. The Morgan fingerprint density at radius 1 is 1.07 bits per heavy atom. The van der Waals surface area contributed by atoms with E-state index in [1.54, 1.807) is 0 Å². The third kappa shape index (κ3) is 5.84. The van der Waals surface area contributed by atoms with Crippen LogP contribution in [0.3, 0.4) is 0 Å². The normalized spacial score (nSPS) is 11.8. The maximum Gasteiger partial charge on any atom is 0.418 e. The molecule has 0 unspecified atom stereocenters. The minimum Gasteiger partial charge on any atom is -0.508 e. The third-order valence-corrected chi connectivity index (χ3v) is 3.40. The lowest BCUT2D eigenvalue weighted by atomic mass is 10.1. The molecule has 2 aromatic rings. The molecule has 0 bridgehead atoms. The summed E-state index contributed by atoms with van der Waals surface area (Å²) < 4.78 is 38.8. The predicted molar refractivity (Wildman–Crippen MR) is 93.4 cm³/mol. The number of rotatable bonds is 5. The summed E-state index contributed by atoms with van der Waals surface area (Å²) in [5.41, 5.74) is 1.37. The van der Waals surface area contributed by atoms with Gasteiger partial charge in [-0.1, -0.05) is 12.1 Å². The number of alkyl halides is 3. The van der Waals surface area contributed by atoms with Crippen molar-refractivity contribution in [3.8, 4) is 5.75 Å². The summed E-state index contributed by atoms with van der Waals surface area (Å²) in [5.74, 6) is -1.26. The zero-order valence-corrected chi connectivity index (χ0v) is 14.2. The smallest absolute Gasteiger partial charge is 0.418 e. The average Bonchev–Trinajstić information content (AvgIpc) is 2.59. The summed E-state index contributed by atoms with van der Waals surface area (Å²) in [7, 11) is 0.